The van der Waals surface area contributed by atoms with Crippen LogP contribution in [0.2, 0.25) is 5.15 Å². The van der Waals surface area contributed by atoms with Gasteiger partial charge in [0.2, 0.25) is 0 Å². The van der Waals surface area contributed by atoms with Gasteiger partial charge < -0.3 is 15.1 Å². The van der Waals surface area contributed by atoms with Gasteiger partial charge in [-0.15, -0.1) is 0 Å². The molecule has 1 aliphatic carbocycles. The zero-order valence-corrected chi connectivity index (χ0v) is 11.0. The summed E-state index contributed by atoms with van der Waals surface area (Å²) in [5.41, 5.74) is 0.541. The molecule has 1 aromatic heterocycles. The molecule has 18 heavy (non-hydrogen) atoms. The summed E-state index contributed by atoms with van der Waals surface area (Å²) in [4.78, 5) is 10.2. The van der Waals surface area contributed by atoms with Crippen molar-refractivity contribution in [1.82, 2.24) is 9.97 Å². The fraction of sp³-hybridized carbons (Fsp3) is 0.667. The Balaban J connectivity index is 2.32. The molecule has 0 spiro atoms. The van der Waals surface area contributed by atoms with Crippen molar-refractivity contribution in [2.45, 2.75) is 38.3 Å². The molecule has 0 unspecified atom stereocenters. The lowest BCUT2D eigenvalue weighted by Crippen LogP contribution is -2.37. The molecule has 0 saturated heterocycles. The molecule has 100 valence electrons. The van der Waals surface area contributed by atoms with E-state index in [0.29, 0.717) is 24.0 Å². The SMILES string of the molecule is OCCN(c1ncnc(Cl)c1CO)C1CCCC1. The first kappa shape index (κ1) is 13.5. The minimum Gasteiger partial charge on any atom is -0.395 e. The third-order valence-corrected chi connectivity index (χ3v) is 3.73. The minimum atomic E-state index is -0.191. The number of halogens is 1. The molecule has 1 saturated carbocycles. The van der Waals surface area contributed by atoms with E-state index in [1.54, 1.807) is 0 Å². The highest BCUT2D eigenvalue weighted by Crippen LogP contribution is 2.30. The summed E-state index contributed by atoms with van der Waals surface area (Å²) in [6.45, 7) is 0.373. The topological polar surface area (TPSA) is 69.5 Å². The number of rotatable bonds is 5. The lowest BCUT2D eigenvalue weighted by molar-refractivity contribution is 0.278. The van der Waals surface area contributed by atoms with Crippen molar-refractivity contribution in [2.75, 3.05) is 18.1 Å². The van der Waals surface area contributed by atoms with E-state index in [2.05, 4.69) is 9.97 Å². The van der Waals surface area contributed by atoms with Gasteiger partial charge in [-0.2, -0.15) is 0 Å². The van der Waals surface area contributed by atoms with Gasteiger partial charge in [-0.05, 0) is 12.8 Å². The molecule has 6 heteroatoms. The normalized spacial score (nSPS) is 16.2. The number of hydrogen-bond acceptors (Lipinski definition) is 5. The van der Waals surface area contributed by atoms with Crippen LogP contribution < -0.4 is 4.90 Å². The molecule has 1 aromatic rings. The van der Waals surface area contributed by atoms with Gasteiger partial charge in [-0.1, -0.05) is 24.4 Å². The van der Waals surface area contributed by atoms with Gasteiger partial charge >= 0.3 is 0 Å². The van der Waals surface area contributed by atoms with Crippen LogP contribution in [0.3, 0.4) is 0 Å². The highest BCUT2D eigenvalue weighted by atomic mass is 35.5. The summed E-state index contributed by atoms with van der Waals surface area (Å²) in [7, 11) is 0. The average Bonchev–Trinajstić information content (AvgIpc) is 2.89. The van der Waals surface area contributed by atoms with Crippen LogP contribution in [-0.4, -0.2) is 39.4 Å². The van der Waals surface area contributed by atoms with Crippen LogP contribution >= 0.6 is 11.6 Å². The second-order valence-electron chi connectivity index (χ2n) is 4.48. The molecule has 0 aromatic carbocycles. The lowest BCUT2D eigenvalue weighted by atomic mass is 10.2. The van der Waals surface area contributed by atoms with E-state index in [0.717, 1.165) is 12.8 Å². The zero-order chi connectivity index (χ0) is 13.0. The molecule has 0 aliphatic heterocycles. The van der Waals surface area contributed by atoms with E-state index < -0.39 is 0 Å². The Morgan fingerprint density at radius 3 is 2.61 bits per heavy atom. The third kappa shape index (κ3) is 2.74. The van der Waals surface area contributed by atoms with Crippen molar-refractivity contribution in [3.63, 3.8) is 0 Å². The molecule has 1 fully saturated rings. The molecule has 2 N–H and O–H groups in total. The van der Waals surface area contributed by atoms with Crippen molar-refractivity contribution >= 4 is 17.4 Å². The van der Waals surface area contributed by atoms with E-state index in [4.69, 9.17) is 11.6 Å². The fourth-order valence-electron chi connectivity index (χ4n) is 2.55. The van der Waals surface area contributed by atoms with Crippen molar-refractivity contribution in [3.8, 4) is 0 Å². The Hall–Kier alpha value is -0.910. The Kier molecular flexibility index (Phi) is 4.74. The zero-order valence-electron chi connectivity index (χ0n) is 10.2. The number of nitrogens with zero attached hydrogens (tertiary/aromatic N) is 3. The predicted molar refractivity (Wildman–Crippen MR) is 69.7 cm³/mol. The van der Waals surface area contributed by atoms with Crippen LogP contribution in [0.15, 0.2) is 6.33 Å². The van der Waals surface area contributed by atoms with Crippen LogP contribution in [0.1, 0.15) is 31.2 Å². The first-order chi connectivity index (χ1) is 8.77. The maximum Gasteiger partial charge on any atom is 0.140 e. The molecule has 0 radical (unpaired) electrons. The molecule has 0 amide bonds. The number of aromatic nitrogens is 2. The maximum atomic E-state index is 9.41. The van der Waals surface area contributed by atoms with Gasteiger partial charge in [0.25, 0.3) is 0 Å². The molecule has 5 nitrogen and oxygen atoms in total. The molecule has 2 rings (SSSR count). The van der Waals surface area contributed by atoms with Crippen LogP contribution in [0, 0.1) is 0 Å². The van der Waals surface area contributed by atoms with Gasteiger partial charge in [-0.3, -0.25) is 0 Å². The second kappa shape index (κ2) is 6.31. The van der Waals surface area contributed by atoms with Gasteiger partial charge in [-0.25, -0.2) is 9.97 Å². The van der Waals surface area contributed by atoms with E-state index >= 15 is 0 Å². The Morgan fingerprint density at radius 2 is 2.00 bits per heavy atom. The first-order valence-electron chi connectivity index (χ1n) is 6.25. The first-order valence-corrected chi connectivity index (χ1v) is 6.63. The van der Waals surface area contributed by atoms with Crippen molar-refractivity contribution in [3.05, 3.63) is 17.0 Å². The molecule has 0 bridgehead atoms. The van der Waals surface area contributed by atoms with Gasteiger partial charge in [0.15, 0.2) is 0 Å². The van der Waals surface area contributed by atoms with Gasteiger partial charge in [0.1, 0.15) is 17.3 Å². The molecule has 0 atom stereocenters. The Labute approximate surface area is 111 Å². The number of aliphatic hydroxyl groups excluding tert-OH is 2. The van der Waals surface area contributed by atoms with E-state index in [1.165, 1.54) is 19.2 Å². The summed E-state index contributed by atoms with van der Waals surface area (Å²) in [5, 5.41) is 18.9. The standard InChI is InChI=1S/C12H18ClN3O2/c13-11-10(7-18)12(15-8-14-11)16(5-6-17)9-3-1-2-4-9/h8-9,17-18H,1-7H2. The summed E-state index contributed by atoms with van der Waals surface area (Å²) >= 11 is 5.98. The van der Waals surface area contributed by atoms with Crippen LogP contribution in [0.5, 0.6) is 0 Å². The van der Waals surface area contributed by atoms with E-state index in [-0.39, 0.29) is 18.4 Å². The molecular weight excluding hydrogens is 254 g/mol. The summed E-state index contributed by atoms with van der Waals surface area (Å²) in [5.74, 6) is 0.651. The molecule has 1 aliphatic rings. The molecule has 1 heterocycles. The van der Waals surface area contributed by atoms with Crippen molar-refractivity contribution < 1.29 is 10.2 Å². The van der Waals surface area contributed by atoms with Crippen LogP contribution in [0.25, 0.3) is 0 Å². The maximum absolute atomic E-state index is 9.41. The average molecular weight is 272 g/mol. The summed E-state index contributed by atoms with van der Waals surface area (Å²) in [6.07, 6.45) is 5.97. The largest absolute Gasteiger partial charge is 0.395 e. The highest BCUT2D eigenvalue weighted by molar-refractivity contribution is 6.30. The van der Waals surface area contributed by atoms with Crippen LogP contribution in [-0.2, 0) is 6.61 Å². The van der Waals surface area contributed by atoms with Gasteiger partial charge in [0, 0.05) is 12.6 Å². The molecular formula is C12H18ClN3O2. The third-order valence-electron chi connectivity index (χ3n) is 3.41. The Morgan fingerprint density at radius 1 is 1.28 bits per heavy atom. The van der Waals surface area contributed by atoms with Gasteiger partial charge in [0.05, 0.1) is 18.8 Å². The highest BCUT2D eigenvalue weighted by Gasteiger charge is 2.26. The summed E-state index contributed by atoms with van der Waals surface area (Å²) < 4.78 is 0. The minimum absolute atomic E-state index is 0.0585. The van der Waals surface area contributed by atoms with Crippen LogP contribution in [0.4, 0.5) is 5.82 Å². The number of hydrogen-bond donors (Lipinski definition) is 2. The monoisotopic (exact) mass is 271 g/mol. The van der Waals surface area contributed by atoms with Crippen molar-refractivity contribution in [1.29, 1.82) is 0 Å². The fourth-order valence-corrected chi connectivity index (χ4v) is 2.74. The lowest BCUT2D eigenvalue weighted by Gasteiger charge is -2.30. The number of aliphatic hydroxyl groups is 2. The quantitative estimate of drug-likeness (QED) is 0.792. The van der Waals surface area contributed by atoms with Crippen molar-refractivity contribution in [2.24, 2.45) is 0 Å². The predicted octanol–water partition coefficient (Wildman–Crippen LogP) is 1.36. The summed E-state index contributed by atoms with van der Waals surface area (Å²) in [6, 6.07) is 0.369. The Bertz CT molecular complexity index is 397. The van der Waals surface area contributed by atoms with E-state index in [1.807, 2.05) is 4.90 Å². The van der Waals surface area contributed by atoms with E-state index in [9.17, 15) is 10.2 Å². The smallest absolute Gasteiger partial charge is 0.140 e. The second-order valence-corrected chi connectivity index (χ2v) is 4.84. The number of anilines is 1.